The van der Waals surface area contributed by atoms with Gasteiger partial charge in [0, 0.05) is 12.2 Å². The van der Waals surface area contributed by atoms with E-state index in [2.05, 4.69) is 11.0 Å². The highest BCUT2D eigenvalue weighted by molar-refractivity contribution is 5.93. The number of ether oxygens (including phenoxy) is 2. The van der Waals surface area contributed by atoms with Crippen molar-refractivity contribution in [3.05, 3.63) is 59.2 Å². The van der Waals surface area contributed by atoms with Gasteiger partial charge in [0.2, 0.25) is 0 Å². The van der Waals surface area contributed by atoms with Gasteiger partial charge in [0.25, 0.3) is 0 Å². The Bertz CT molecular complexity index is 712. The molecule has 2 aromatic rings. The molecule has 24 heavy (non-hydrogen) atoms. The maximum atomic E-state index is 12.0. The summed E-state index contributed by atoms with van der Waals surface area (Å²) in [5.41, 5.74) is 4.11. The van der Waals surface area contributed by atoms with E-state index in [9.17, 15) is 4.79 Å². The number of esters is 1. The van der Waals surface area contributed by atoms with E-state index in [1.165, 1.54) is 18.4 Å². The molecule has 0 fully saturated rings. The van der Waals surface area contributed by atoms with Crippen LogP contribution >= 0.6 is 0 Å². The smallest absolute Gasteiger partial charge is 0.338 e. The fourth-order valence-corrected chi connectivity index (χ4v) is 3.32. The van der Waals surface area contributed by atoms with Crippen LogP contribution in [-0.2, 0) is 11.2 Å². The first-order valence-electron chi connectivity index (χ1n) is 8.34. The predicted molar refractivity (Wildman–Crippen MR) is 95.0 cm³/mol. The quantitative estimate of drug-likeness (QED) is 0.787. The number of nitrogens with zero attached hydrogens (tertiary/aromatic N) is 1. The van der Waals surface area contributed by atoms with Crippen LogP contribution in [0.4, 0.5) is 5.69 Å². The summed E-state index contributed by atoms with van der Waals surface area (Å²) >= 11 is 0. The van der Waals surface area contributed by atoms with Gasteiger partial charge in [0.15, 0.2) is 0 Å². The molecule has 0 bridgehead atoms. The van der Waals surface area contributed by atoms with E-state index < -0.39 is 0 Å². The summed E-state index contributed by atoms with van der Waals surface area (Å²) in [5, 5.41) is 0. The van der Waals surface area contributed by atoms with E-state index in [0.29, 0.717) is 12.2 Å². The Balaban J connectivity index is 1.76. The number of anilines is 1. The SMILES string of the molecule is COC(=O)c1ccc2c(c1C)N(CCOc1ccccc1)CCC2. The largest absolute Gasteiger partial charge is 0.492 e. The third-order valence-corrected chi connectivity index (χ3v) is 4.48. The fraction of sp³-hybridized carbons (Fsp3) is 0.350. The normalized spacial score (nSPS) is 13.3. The third-order valence-electron chi connectivity index (χ3n) is 4.48. The molecule has 0 saturated carbocycles. The lowest BCUT2D eigenvalue weighted by Gasteiger charge is -2.33. The summed E-state index contributed by atoms with van der Waals surface area (Å²) in [5.74, 6) is 0.608. The van der Waals surface area contributed by atoms with Gasteiger partial charge in [-0.05, 0) is 49.1 Å². The van der Waals surface area contributed by atoms with Gasteiger partial charge in [-0.25, -0.2) is 4.79 Å². The number of fused-ring (bicyclic) bond motifs is 1. The van der Waals surface area contributed by atoms with Crippen molar-refractivity contribution in [2.45, 2.75) is 19.8 Å². The summed E-state index contributed by atoms with van der Waals surface area (Å²) in [6, 6.07) is 13.8. The topological polar surface area (TPSA) is 38.8 Å². The number of benzene rings is 2. The summed E-state index contributed by atoms with van der Waals surface area (Å²) < 4.78 is 10.7. The summed E-state index contributed by atoms with van der Waals surface area (Å²) in [4.78, 5) is 14.3. The van der Waals surface area contributed by atoms with Crippen molar-refractivity contribution in [1.29, 1.82) is 0 Å². The minimum atomic E-state index is -0.277. The van der Waals surface area contributed by atoms with Crippen LogP contribution in [0.1, 0.15) is 27.9 Å². The molecular formula is C20H23NO3. The number of methoxy groups -OCH3 is 1. The first-order chi connectivity index (χ1) is 11.7. The van der Waals surface area contributed by atoms with E-state index in [4.69, 9.17) is 9.47 Å². The van der Waals surface area contributed by atoms with Gasteiger partial charge in [-0.2, -0.15) is 0 Å². The Morgan fingerprint density at radius 2 is 1.96 bits per heavy atom. The van der Waals surface area contributed by atoms with E-state index in [0.717, 1.165) is 37.2 Å². The van der Waals surface area contributed by atoms with Crippen LogP contribution in [-0.4, -0.2) is 32.8 Å². The second-order valence-electron chi connectivity index (χ2n) is 5.99. The van der Waals surface area contributed by atoms with Crippen molar-refractivity contribution in [3.8, 4) is 5.75 Å². The van der Waals surface area contributed by atoms with Gasteiger partial charge in [0.05, 0.1) is 19.2 Å². The molecule has 0 aromatic heterocycles. The molecule has 4 heteroatoms. The molecule has 3 rings (SSSR count). The van der Waals surface area contributed by atoms with Crippen molar-refractivity contribution in [2.24, 2.45) is 0 Å². The van der Waals surface area contributed by atoms with E-state index in [1.807, 2.05) is 43.3 Å². The Labute approximate surface area is 143 Å². The molecule has 0 spiro atoms. The van der Waals surface area contributed by atoms with Gasteiger partial charge in [-0.1, -0.05) is 24.3 Å². The highest BCUT2D eigenvalue weighted by atomic mass is 16.5. The minimum absolute atomic E-state index is 0.277. The molecule has 4 nitrogen and oxygen atoms in total. The zero-order valence-corrected chi connectivity index (χ0v) is 14.2. The molecule has 0 N–H and O–H groups in total. The molecular weight excluding hydrogens is 302 g/mol. The second kappa shape index (κ2) is 7.39. The van der Waals surface area contributed by atoms with Gasteiger partial charge in [-0.15, -0.1) is 0 Å². The molecule has 1 heterocycles. The van der Waals surface area contributed by atoms with E-state index in [-0.39, 0.29) is 5.97 Å². The average molecular weight is 325 g/mol. The molecule has 0 saturated heterocycles. The molecule has 0 radical (unpaired) electrons. The average Bonchev–Trinajstić information content (AvgIpc) is 2.62. The van der Waals surface area contributed by atoms with Crippen LogP contribution in [0.5, 0.6) is 5.75 Å². The molecule has 0 unspecified atom stereocenters. The lowest BCUT2D eigenvalue weighted by Crippen LogP contribution is -2.34. The van der Waals surface area contributed by atoms with Crippen LogP contribution in [0.3, 0.4) is 0 Å². The Morgan fingerprint density at radius 1 is 1.17 bits per heavy atom. The van der Waals surface area contributed by atoms with Crippen LogP contribution in [0.2, 0.25) is 0 Å². The molecule has 0 aliphatic carbocycles. The lowest BCUT2D eigenvalue weighted by molar-refractivity contribution is 0.0600. The number of para-hydroxylation sites is 1. The highest BCUT2D eigenvalue weighted by Gasteiger charge is 2.22. The van der Waals surface area contributed by atoms with Gasteiger partial charge >= 0.3 is 5.97 Å². The first-order valence-corrected chi connectivity index (χ1v) is 8.34. The zero-order chi connectivity index (χ0) is 16.9. The van der Waals surface area contributed by atoms with E-state index >= 15 is 0 Å². The lowest BCUT2D eigenvalue weighted by atomic mass is 9.94. The number of rotatable bonds is 5. The summed E-state index contributed by atoms with van der Waals surface area (Å²) in [7, 11) is 1.42. The van der Waals surface area contributed by atoms with Crippen molar-refractivity contribution in [1.82, 2.24) is 0 Å². The molecule has 0 amide bonds. The number of aryl methyl sites for hydroxylation is 1. The Kier molecular flexibility index (Phi) is 5.04. The van der Waals surface area contributed by atoms with Crippen LogP contribution in [0.15, 0.2) is 42.5 Å². The molecule has 1 aliphatic rings. The van der Waals surface area contributed by atoms with Crippen molar-refractivity contribution >= 4 is 11.7 Å². The predicted octanol–water partition coefficient (Wildman–Crippen LogP) is 3.61. The maximum Gasteiger partial charge on any atom is 0.338 e. The van der Waals surface area contributed by atoms with Gasteiger partial charge < -0.3 is 14.4 Å². The zero-order valence-electron chi connectivity index (χ0n) is 14.2. The number of hydrogen-bond donors (Lipinski definition) is 0. The number of hydrogen-bond acceptors (Lipinski definition) is 4. The highest BCUT2D eigenvalue weighted by Crippen LogP contribution is 2.32. The molecule has 126 valence electrons. The number of carbonyl (C=O) groups is 1. The van der Waals surface area contributed by atoms with Gasteiger partial charge in [0.1, 0.15) is 12.4 Å². The summed E-state index contributed by atoms with van der Waals surface area (Å²) in [6.45, 7) is 4.40. The van der Waals surface area contributed by atoms with Crippen molar-refractivity contribution in [2.75, 3.05) is 31.7 Å². The summed E-state index contributed by atoms with van der Waals surface area (Å²) in [6.07, 6.45) is 2.17. The first kappa shape index (κ1) is 16.4. The molecule has 1 aliphatic heterocycles. The molecule has 2 aromatic carbocycles. The second-order valence-corrected chi connectivity index (χ2v) is 5.99. The Morgan fingerprint density at radius 3 is 2.71 bits per heavy atom. The van der Waals surface area contributed by atoms with E-state index in [1.54, 1.807) is 0 Å². The maximum absolute atomic E-state index is 12.0. The fourth-order valence-electron chi connectivity index (χ4n) is 3.32. The molecule has 0 atom stereocenters. The van der Waals surface area contributed by atoms with Crippen LogP contribution in [0.25, 0.3) is 0 Å². The van der Waals surface area contributed by atoms with Crippen molar-refractivity contribution < 1.29 is 14.3 Å². The third kappa shape index (κ3) is 3.37. The monoisotopic (exact) mass is 325 g/mol. The standard InChI is InChI=1S/C20H23NO3/c1-15-18(20(22)23-2)11-10-16-7-6-12-21(19(15)16)13-14-24-17-8-4-3-5-9-17/h3-5,8-11H,6-7,12-14H2,1-2H3. The van der Waals surface area contributed by atoms with Gasteiger partial charge in [-0.3, -0.25) is 0 Å². The van der Waals surface area contributed by atoms with Crippen LogP contribution < -0.4 is 9.64 Å². The minimum Gasteiger partial charge on any atom is -0.492 e. The number of carbonyl (C=O) groups excluding carboxylic acids is 1. The Hall–Kier alpha value is -2.49. The van der Waals surface area contributed by atoms with Crippen molar-refractivity contribution in [3.63, 3.8) is 0 Å². The van der Waals surface area contributed by atoms with Crippen LogP contribution in [0, 0.1) is 6.92 Å².